The van der Waals surface area contributed by atoms with Gasteiger partial charge in [-0.2, -0.15) is 9.97 Å². The Morgan fingerprint density at radius 2 is 1.23 bits per heavy atom. The molecule has 3 unspecified atom stereocenters. The van der Waals surface area contributed by atoms with E-state index in [0.29, 0.717) is 5.92 Å². The van der Waals surface area contributed by atoms with Crippen molar-refractivity contribution < 1.29 is 0 Å². The monoisotopic (exact) mass is 570 g/mol. The Bertz CT molecular complexity index is 2170. The number of aromatic nitrogens is 4. The lowest BCUT2D eigenvalue weighted by Crippen LogP contribution is -2.34. The molecule has 2 bridgehead atoms. The molecule has 3 saturated carbocycles. The number of benzene rings is 5. The zero-order chi connectivity index (χ0) is 29.0. The smallest absolute Gasteiger partial charge is 0.238 e. The van der Waals surface area contributed by atoms with Crippen LogP contribution in [0.5, 0.6) is 0 Å². The van der Waals surface area contributed by atoms with E-state index in [0.717, 1.165) is 51.9 Å². The van der Waals surface area contributed by atoms with Gasteiger partial charge in [-0.1, -0.05) is 85.8 Å². The minimum Gasteiger partial charge on any atom is -0.278 e. The number of nitrogens with zero attached hydrogens (tertiary/aromatic N) is 4. The first-order chi connectivity index (χ1) is 21.6. The molecule has 0 amide bonds. The van der Waals surface area contributed by atoms with Gasteiger partial charge in [0, 0.05) is 21.8 Å². The average molecular weight is 571 g/mol. The zero-order valence-corrected chi connectivity index (χ0v) is 24.9. The summed E-state index contributed by atoms with van der Waals surface area (Å²) in [6.45, 7) is 2.46. The third-order valence-electron chi connectivity index (χ3n) is 11.4. The van der Waals surface area contributed by atoms with Crippen LogP contribution in [0.3, 0.4) is 0 Å². The van der Waals surface area contributed by atoms with Crippen molar-refractivity contribution in [2.75, 3.05) is 0 Å². The Labute approximate surface area is 256 Å². The maximum absolute atomic E-state index is 5.52. The first kappa shape index (κ1) is 24.8. The van der Waals surface area contributed by atoms with Crippen molar-refractivity contribution >= 4 is 43.4 Å². The summed E-state index contributed by atoms with van der Waals surface area (Å²) < 4.78 is 2.32. The van der Waals surface area contributed by atoms with Crippen LogP contribution < -0.4 is 0 Å². The topological polar surface area (TPSA) is 43.6 Å². The first-order valence-electron chi connectivity index (χ1n) is 16.3. The van der Waals surface area contributed by atoms with E-state index < -0.39 is 0 Å². The van der Waals surface area contributed by atoms with Gasteiger partial charge in [0.2, 0.25) is 5.95 Å². The van der Waals surface area contributed by atoms with Crippen LogP contribution in [0.1, 0.15) is 44.9 Å². The summed E-state index contributed by atoms with van der Waals surface area (Å²) >= 11 is 0. The van der Waals surface area contributed by atoms with Crippen molar-refractivity contribution in [3.8, 4) is 17.3 Å². The third kappa shape index (κ3) is 3.54. The van der Waals surface area contributed by atoms with Crippen molar-refractivity contribution in [1.29, 1.82) is 0 Å². The molecule has 0 spiro atoms. The molecule has 3 aliphatic carbocycles. The molecular formula is C40H34N4. The Kier molecular flexibility index (Phi) is 5.07. The summed E-state index contributed by atoms with van der Waals surface area (Å²) in [4.78, 5) is 16.2. The molecule has 4 nitrogen and oxygen atoms in total. The lowest BCUT2D eigenvalue weighted by molar-refractivity contribution is 0.0777. The molecule has 214 valence electrons. The van der Waals surface area contributed by atoms with E-state index in [1.807, 2.05) is 0 Å². The molecule has 2 heterocycles. The van der Waals surface area contributed by atoms with Gasteiger partial charge in [-0.05, 0) is 102 Å². The fourth-order valence-corrected chi connectivity index (χ4v) is 9.53. The predicted octanol–water partition coefficient (Wildman–Crippen LogP) is 9.66. The van der Waals surface area contributed by atoms with Gasteiger partial charge >= 0.3 is 0 Å². The molecule has 0 radical (unpaired) electrons. The van der Waals surface area contributed by atoms with Crippen LogP contribution in [0.25, 0.3) is 60.7 Å². The average Bonchev–Trinajstić information content (AvgIpc) is 3.47. The highest BCUT2D eigenvalue weighted by Crippen LogP contribution is 2.64. The summed E-state index contributed by atoms with van der Waals surface area (Å²) in [5, 5.41) is 7.40. The number of hydrogen-bond acceptors (Lipinski definition) is 3. The maximum Gasteiger partial charge on any atom is 0.238 e. The molecule has 10 rings (SSSR count). The molecule has 3 fully saturated rings. The maximum atomic E-state index is 5.52. The summed E-state index contributed by atoms with van der Waals surface area (Å²) in [5.41, 5.74) is 3.36. The molecule has 7 aromatic rings. The summed E-state index contributed by atoms with van der Waals surface area (Å²) in [6.07, 6.45) is 6.38. The van der Waals surface area contributed by atoms with E-state index in [4.69, 9.17) is 15.0 Å². The molecular weight excluding hydrogens is 536 g/mol. The lowest BCUT2D eigenvalue weighted by Gasteiger charge is -2.42. The Morgan fingerprint density at radius 3 is 1.89 bits per heavy atom. The molecule has 2 aromatic heterocycles. The van der Waals surface area contributed by atoms with E-state index in [2.05, 4.69) is 115 Å². The van der Waals surface area contributed by atoms with Gasteiger partial charge in [0.1, 0.15) is 5.82 Å². The molecule has 5 aromatic carbocycles. The highest BCUT2D eigenvalue weighted by Gasteiger charge is 2.58. The zero-order valence-electron chi connectivity index (χ0n) is 24.9. The van der Waals surface area contributed by atoms with Crippen molar-refractivity contribution in [2.45, 2.75) is 44.4 Å². The summed E-state index contributed by atoms with van der Waals surface area (Å²) in [6, 6.07) is 37.2. The number of hydrogen-bond donors (Lipinski definition) is 0. The van der Waals surface area contributed by atoms with E-state index in [1.54, 1.807) is 0 Å². The van der Waals surface area contributed by atoms with Crippen LogP contribution in [0.2, 0.25) is 0 Å². The largest absolute Gasteiger partial charge is 0.278 e. The van der Waals surface area contributed by atoms with Crippen LogP contribution in [0.4, 0.5) is 0 Å². The molecule has 5 atom stereocenters. The Balaban J connectivity index is 1.30. The van der Waals surface area contributed by atoms with Gasteiger partial charge in [-0.3, -0.25) is 4.57 Å². The molecule has 0 aliphatic heterocycles. The molecule has 0 N–H and O–H groups in total. The van der Waals surface area contributed by atoms with Crippen LogP contribution in [-0.4, -0.2) is 19.5 Å². The van der Waals surface area contributed by atoms with Crippen molar-refractivity contribution in [3.63, 3.8) is 0 Å². The highest BCUT2D eigenvalue weighted by molar-refractivity contribution is 6.16. The van der Waals surface area contributed by atoms with Gasteiger partial charge in [-0.15, -0.1) is 0 Å². The fraction of sp³-hybridized carbons (Fsp3) is 0.275. The number of fused-ring (bicyclic) bond motifs is 6. The summed E-state index contributed by atoms with van der Waals surface area (Å²) in [5.74, 6) is 5.79. The van der Waals surface area contributed by atoms with E-state index in [9.17, 15) is 0 Å². The Hall–Kier alpha value is -4.57. The van der Waals surface area contributed by atoms with Gasteiger partial charge < -0.3 is 0 Å². The highest BCUT2D eigenvalue weighted by atomic mass is 15.2. The van der Waals surface area contributed by atoms with E-state index in [1.165, 1.54) is 64.4 Å². The first-order valence-corrected chi connectivity index (χ1v) is 16.3. The molecule has 0 saturated heterocycles. The van der Waals surface area contributed by atoms with E-state index >= 15 is 0 Å². The second-order valence-corrected chi connectivity index (χ2v) is 14.1. The van der Waals surface area contributed by atoms with Gasteiger partial charge in [0.05, 0.1) is 11.0 Å². The van der Waals surface area contributed by atoms with Crippen molar-refractivity contribution in [2.24, 2.45) is 23.7 Å². The quantitative estimate of drug-likeness (QED) is 0.212. The van der Waals surface area contributed by atoms with Gasteiger partial charge in [-0.25, -0.2) is 4.98 Å². The Morgan fingerprint density at radius 1 is 0.614 bits per heavy atom. The lowest BCUT2D eigenvalue weighted by atomic mass is 9.63. The molecule has 44 heavy (non-hydrogen) atoms. The molecule has 4 heteroatoms. The SMILES string of the molecule is C[C@H]1CC2C[C@H]3CC(c4nc(-c5ccccc5)nc(-n5c6cc7ccccc7cc6c6cc7ccccc7cc65)n4)(CC23)C1. The van der Waals surface area contributed by atoms with E-state index in [-0.39, 0.29) is 5.41 Å². The fourth-order valence-electron chi connectivity index (χ4n) is 9.53. The second-order valence-electron chi connectivity index (χ2n) is 14.1. The van der Waals surface area contributed by atoms with Gasteiger partial charge in [0.15, 0.2) is 5.82 Å². The van der Waals surface area contributed by atoms with Crippen LogP contribution in [0.15, 0.2) is 103 Å². The normalized spacial score (nSPS) is 25.9. The van der Waals surface area contributed by atoms with Crippen molar-refractivity contribution in [3.05, 3.63) is 109 Å². The standard InChI is InChI=1S/C40H34N4/c1-24-15-30-16-31-22-40(21-24,23-34(30)31)38-41-37(25-9-3-2-4-10-25)42-39(43-38)44-35-19-28-13-7-5-11-26(28)17-32(35)33-18-27-12-6-8-14-29(27)20-36(33)44/h2-14,17-20,24,30-31,34H,15-16,21-23H2,1H3/t24-,30?,31-,34?,40?/m0/s1. The van der Waals surface area contributed by atoms with Crippen molar-refractivity contribution in [1.82, 2.24) is 19.5 Å². The minimum atomic E-state index is 0.0272. The van der Waals surface area contributed by atoms with Crippen LogP contribution >= 0.6 is 0 Å². The minimum absolute atomic E-state index is 0.0272. The van der Waals surface area contributed by atoms with Crippen LogP contribution in [-0.2, 0) is 5.41 Å². The molecule has 3 aliphatic rings. The second kappa shape index (κ2) is 8.98. The van der Waals surface area contributed by atoms with Crippen LogP contribution in [0, 0.1) is 23.7 Å². The van der Waals surface area contributed by atoms with Gasteiger partial charge in [0.25, 0.3) is 0 Å². The summed E-state index contributed by atoms with van der Waals surface area (Å²) in [7, 11) is 0. The number of rotatable bonds is 3. The third-order valence-corrected chi connectivity index (χ3v) is 11.4. The predicted molar refractivity (Wildman–Crippen MR) is 179 cm³/mol.